The fourth-order valence-electron chi connectivity index (χ4n) is 2.27. The average molecular weight is 298 g/mol. The van der Waals surface area contributed by atoms with Gasteiger partial charge in [0.05, 0.1) is 5.69 Å². The number of hydrogen-bond donors (Lipinski definition) is 4. The lowest BCUT2D eigenvalue weighted by atomic mass is 10.0. The zero-order valence-corrected chi connectivity index (χ0v) is 12.1. The molecule has 22 heavy (non-hydrogen) atoms. The summed E-state index contributed by atoms with van der Waals surface area (Å²) >= 11 is 0. The standard InChI is InChI=1S/C16H18N4O2/c1-11-6-5-9-13(10-11)20-18-16(17-19-20)15(22)14(21)12-7-3-2-4-8-12/h2-10,14-15,19,21-22H,1H3,(H,17,18). The van der Waals surface area contributed by atoms with Crippen molar-refractivity contribution in [2.75, 3.05) is 5.12 Å². The Morgan fingerprint density at radius 1 is 1.00 bits per heavy atom. The van der Waals surface area contributed by atoms with Crippen LogP contribution in [0.4, 0.5) is 5.69 Å². The van der Waals surface area contributed by atoms with Crippen molar-refractivity contribution in [2.45, 2.75) is 19.1 Å². The van der Waals surface area contributed by atoms with Crippen molar-refractivity contribution in [2.24, 2.45) is 5.10 Å². The quantitative estimate of drug-likeness (QED) is 0.683. The van der Waals surface area contributed by atoms with Gasteiger partial charge >= 0.3 is 0 Å². The van der Waals surface area contributed by atoms with Crippen LogP contribution in [0.3, 0.4) is 0 Å². The van der Waals surface area contributed by atoms with Gasteiger partial charge in [0, 0.05) is 0 Å². The Labute approximate surface area is 128 Å². The minimum absolute atomic E-state index is 0.262. The van der Waals surface area contributed by atoms with Crippen molar-refractivity contribution in [3.8, 4) is 0 Å². The molecule has 0 aromatic heterocycles. The predicted octanol–water partition coefficient (Wildman–Crippen LogP) is 1.23. The van der Waals surface area contributed by atoms with E-state index in [4.69, 9.17) is 0 Å². The smallest absolute Gasteiger partial charge is 0.176 e. The van der Waals surface area contributed by atoms with Crippen LogP contribution in [0, 0.1) is 6.92 Å². The second-order valence-electron chi connectivity index (χ2n) is 5.18. The number of aliphatic hydroxyl groups excluding tert-OH is 2. The third-order valence-electron chi connectivity index (χ3n) is 3.48. The number of hydrogen-bond acceptors (Lipinski definition) is 6. The van der Waals surface area contributed by atoms with Gasteiger partial charge < -0.3 is 10.2 Å². The Balaban J connectivity index is 1.69. The lowest BCUT2D eigenvalue weighted by Gasteiger charge is -2.21. The highest BCUT2D eigenvalue weighted by Gasteiger charge is 2.28. The molecular formula is C16H18N4O2. The lowest BCUT2D eigenvalue weighted by Crippen LogP contribution is -2.46. The molecule has 6 heteroatoms. The number of benzene rings is 2. The minimum Gasteiger partial charge on any atom is -0.385 e. The minimum atomic E-state index is -1.15. The first-order valence-electron chi connectivity index (χ1n) is 7.03. The van der Waals surface area contributed by atoms with Gasteiger partial charge in [-0.15, -0.1) is 5.10 Å². The number of anilines is 1. The summed E-state index contributed by atoms with van der Waals surface area (Å²) in [6.45, 7) is 2.00. The summed E-state index contributed by atoms with van der Waals surface area (Å²) in [5, 5.41) is 26.1. The van der Waals surface area contributed by atoms with E-state index < -0.39 is 12.2 Å². The summed E-state index contributed by atoms with van der Waals surface area (Å²) < 4.78 is 0. The van der Waals surface area contributed by atoms with E-state index in [1.54, 1.807) is 17.3 Å². The molecule has 1 aliphatic heterocycles. The summed E-state index contributed by atoms with van der Waals surface area (Å²) in [4.78, 5) is 0. The van der Waals surface area contributed by atoms with Crippen LogP contribution >= 0.6 is 0 Å². The van der Waals surface area contributed by atoms with Gasteiger partial charge in [-0.05, 0) is 30.2 Å². The molecule has 1 heterocycles. The van der Waals surface area contributed by atoms with Crippen molar-refractivity contribution < 1.29 is 10.2 Å². The summed E-state index contributed by atoms with van der Waals surface area (Å²) in [5.74, 6) is 0.262. The van der Waals surface area contributed by atoms with Gasteiger partial charge in [0.2, 0.25) is 0 Å². The van der Waals surface area contributed by atoms with E-state index in [0.29, 0.717) is 5.56 Å². The number of hydrazone groups is 1. The van der Waals surface area contributed by atoms with Crippen molar-refractivity contribution in [3.63, 3.8) is 0 Å². The van der Waals surface area contributed by atoms with Crippen molar-refractivity contribution in [1.29, 1.82) is 0 Å². The third kappa shape index (κ3) is 2.88. The Hall–Kier alpha value is -2.57. The Morgan fingerprint density at radius 3 is 2.50 bits per heavy atom. The van der Waals surface area contributed by atoms with Crippen LogP contribution in [0.25, 0.3) is 0 Å². The largest absolute Gasteiger partial charge is 0.385 e. The highest BCUT2D eigenvalue weighted by Crippen LogP contribution is 2.19. The van der Waals surface area contributed by atoms with E-state index in [2.05, 4.69) is 16.1 Å². The monoisotopic (exact) mass is 298 g/mol. The fourth-order valence-corrected chi connectivity index (χ4v) is 2.27. The predicted molar refractivity (Wildman–Crippen MR) is 84.8 cm³/mol. The Kier molecular flexibility index (Phi) is 3.95. The van der Waals surface area contributed by atoms with E-state index in [1.807, 2.05) is 49.4 Å². The first kappa shape index (κ1) is 14.4. The SMILES string of the molecule is Cc1cccc(N2NN=C(C(O)C(O)c3ccccc3)N2)c1. The highest BCUT2D eigenvalue weighted by molar-refractivity contribution is 5.89. The van der Waals surface area contributed by atoms with Gasteiger partial charge in [-0.1, -0.05) is 42.5 Å². The number of amidine groups is 1. The van der Waals surface area contributed by atoms with Crippen LogP contribution in [-0.4, -0.2) is 22.2 Å². The van der Waals surface area contributed by atoms with Crippen molar-refractivity contribution in [1.82, 2.24) is 11.0 Å². The number of hydrazine groups is 2. The van der Waals surface area contributed by atoms with Gasteiger partial charge in [-0.25, -0.2) is 0 Å². The molecule has 3 rings (SSSR count). The molecule has 0 radical (unpaired) electrons. The molecule has 0 saturated heterocycles. The van der Waals surface area contributed by atoms with Crippen LogP contribution in [0.15, 0.2) is 59.7 Å². The molecule has 0 bridgehead atoms. The molecular weight excluding hydrogens is 280 g/mol. The summed E-state index contributed by atoms with van der Waals surface area (Å²) in [5.41, 5.74) is 8.33. The molecule has 0 spiro atoms. The maximum absolute atomic E-state index is 10.3. The number of nitrogens with zero attached hydrogens (tertiary/aromatic N) is 2. The molecule has 114 valence electrons. The molecule has 1 aliphatic rings. The molecule has 0 amide bonds. The topological polar surface area (TPSA) is 80.1 Å². The van der Waals surface area contributed by atoms with Crippen LogP contribution in [0.5, 0.6) is 0 Å². The van der Waals surface area contributed by atoms with Gasteiger partial charge in [0.15, 0.2) is 5.84 Å². The van der Waals surface area contributed by atoms with Gasteiger partial charge in [0.1, 0.15) is 12.2 Å². The molecule has 2 aromatic carbocycles. The highest BCUT2D eigenvalue weighted by atomic mass is 16.3. The van der Waals surface area contributed by atoms with Crippen molar-refractivity contribution in [3.05, 3.63) is 65.7 Å². The van der Waals surface area contributed by atoms with Gasteiger partial charge in [-0.3, -0.25) is 5.43 Å². The molecule has 2 unspecified atom stereocenters. The fraction of sp³-hybridized carbons (Fsp3) is 0.188. The molecule has 2 atom stereocenters. The van der Waals surface area contributed by atoms with E-state index in [1.165, 1.54) is 0 Å². The average Bonchev–Trinajstić information content (AvgIpc) is 3.04. The summed E-state index contributed by atoms with van der Waals surface area (Å²) in [6, 6.07) is 16.8. The van der Waals surface area contributed by atoms with Crippen molar-refractivity contribution >= 4 is 11.5 Å². The Bertz CT molecular complexity index is 675. The Morgan fingerprint density at radius 2 is 1.77 bits per heavy atom. The van der Waals surface area contributed by atoms with Crippen LogP contribution in [0.2, 0.25) is 0 Å². The lowest BCUT2D eigenvalue weighted by molar-refractivity contribution is 0.0583. The van der Waals surface area contributed by atoms with E-state index in [-0.39, 0.29) is 5.84 Å². The van der Waals surface area contributed by atoms with Gasteiger partial charge in [-0.2, -0.15) is 10.7 Å². The maximum Gasteiger partial charge on any atom is 0.176 e. The number of aryl methyl sites for hydroxylation is 1. The van der Waals surface area contributed by atoms with Gasteiger partial charge in [0.25, 0.3) is 0 Å². The van der Waals surface area contributed by atoms with Crippen LogP contribution in [0.1, 0.15) is 17.2 Å². The molecule has 4 N–H and O–H groups in total. The maximum atomic E-state index is 10.3. The summed E-state index contributed by atoms with van der Waals surface area (Å²) in [7, 11) is 0. The van der Waals surface area contributed by atoms with Crippen LogP contribution < -0.4 is 16.1 Å². The first-order valence-corrected chi connectivity index (χ1v) is 7.03. The van der Waals surface area contributed by atoms with E-state index in [0.717, 1.165) is 11.3 Å². The zero-order chi connectivity index (χ0) is 15.5. The molecule has 6 nitrogen and oxygen atoms in total. The molecule has 0 fully saturated rings. The number of nitrogens with one attached hydrogen (secondary N) is 2. The molecule has 0 saturated carbocycles. The number of rotatable bonds is 4. The normalized spacial score (nSPS) is 16.5. The zero-order valence-electron chi connectivity index (χ0n) is 12.1. The second kappa shape index (κ2) is 6.05. The van der Waals surface area contributed by atoms with E-state index >= 15 is 0 Å². The summed E-state index contributed by atoms with van der Waals surface area (Å²) in [6.07, 6.45) is -2.20. The molecule has 0 aliphatic carbocycles. The number of aliphatic hydroxyl groups is 2. The molecule has 2 aromatic rings. The first-order chi connectivity index (χ1) is 10.6. The second-order valence-corrected chi connectivity index (χ2v) is 5.18. The van der Waals surface area contributed by atoms with Crippen LogP contribution in [-0.2, 0) is 0 Å². The van der Waals surface area contributed by atoms with E-state index in [9.17, 15) is 10.2 Å². The third-order valence-corrected chi connectivity index (χ3v) is 3.48.